The molecule has 0 aliphatic rings. The van der Waals surface area contributed by atoms with Crippen LogP contribution in [0.5, 0.6) is 5.75 Å². The minimum atomic E-state index is -0.119. The fourth-order valence-electron chi connectivity index (χ4n) is 1.78. The van der Waals surface area contributed by atoms with Crippen LogP contribution in [0.2, 0.25) is 0 Å². The third kappa shape index (κ3) is 3.51. The molecular formula is C15H15BrN2O2. The van der Waals surface area contributed by atoms with E-state index in [-0.39, 0.29) is 5.91 Å². The van der Waals surface area contributed by atoms with Gasteiger partial charge in [-0.1, -0.05) is 22.0 Å². The first-order valence-corrected chi connectivity index (χ1v) is 6.85. The molecule has 0 atom stereocenters. The van der Waals surface area contributed by atoms with Gasteiger partial charge in [0.05, 0.1) is 12.8 Å². The summed E-state index contributed by atoms with van der Waals surface area (Å²) < 4.78 is 6.03. The second-order valence-corrected chi connectivity index (χ2v) is 5.18. The number of methoxy groups -OCH3 is 1. The van der Waals surface area contributed by atoms with Crippen LogP contribution in [0.4, 0.5) is 5.69 Å². The Morgan fingerprint density at radius 1 is 1.25 bits per heavy atom. The standard InChI is InChI=1S/C15H15BrN2O2/c1-20-14-7-2-10(8-13(14)17)9-18-15(19)11-3-5-12(16)6-4-11/h2-8H,9,17H2,1H3,(H,18,19). The second-order valence-electron chi connectivity index (χ2n) is 4.27. The van der Waals surface area contributed by atoms with Crippen molar-refractivity contribution in [3.8, 4) is 5.75 Å². The number of amides is 1. The summed E-state index contributed by atoms with van der Waals surface area (Å²) in [6.07, 6.45) is 0. The smallest absolute Gasteiger partial charge is 0.251 e. The maximum atomic E-state index is 12.0. The predicted octanol–water partition coefficient (Wildman–Crippen LogP) is 2.97. The summed E-state index contributed by atoms with van der Waals surface area (Å²) >= 11 is 3.33. The van der Waals surface area contributed by atoms with Crippen molar-refractivity contribution in [2.75, 3.05) is 12.8 Å². The first-order valence-electron chi connectivity index (χ1n) is 6.06. The van der Waals surface area contributed by atoms with E-state index in [0.29, 0.717) is 23.5 Å². The van der Waals surface area contributed by atoms with E-state index in [1.165, 1.54) is 0 Å². The highest BCUT2D eigenvalue weighted by Gasteiger charge is 2.06. The van der Waals surface area contributed by atoms with E-state index in [4.69, 9.17) is 10.5 Å². The summed E-state index contributed by atoms with van der Waals surface area (Å²) in [6.45, 7) is 0.420. The first kappa shape index (κ1) is 14.4. The highest BCUT2D eigenvalue weighted by atomic mass is 79.9. The number of carbonyl (C=O) groups excluding carboxylic acids is 1. The zero-order valence-electron chi connectivity index (χ0n) is 11.0. The van der Waals surface area contributed by atoms with Gasteiger partial charge in [0.1, 0.15) is 5.75 Å². The molecule has 4 nitrogen and oxygen atoms in total. The number of ether oxygens (including phenoxy) is 1. The highest BCUT2D eigenvalue weighted by Crippen LogP contribution is 2.21. The molecule has 2 aromatic carbocycles. The second kappa shape index (κ2) is 6.43. The van der Waals surface area contributed by atoms with Crippen LogP contribution in [-0.4, -0.2) is 13.0 Å². The fraction of sp³-hybridized carbons (Fsp3) is 0.133. The van der Waals surface area contributed by atoms with Gasteiger partial charge in [0.25, 0.3) is 5.91 Å². The highest BCUT2D eigenvalue weighted by molar-refractivity contribution is 9.10. The van der Waals surface area contributed by atoms with Crippen LogP contribution in [-0.2, 0) is 6.54 Å². The molecule has 0 saturated carbocycles. The van der Waals surface area contributed by atoms with Crippen LogP contribution in [0.15, 0.2) is 46.9 Å². The molecular weight excluding hydrogens is 320 g/mol. The van der Waals surface area contributed by atoms with E-state index in [1.54, 1.807) is 31.4 Å². The quantitative estimate of drug-likeness (QED) is 0.845. The molecule has 0 unspecified atom stereocenters. The number of rotatable bonds is 4. The van der Waals surface area contributed by atoms with E-state index in [1.807, 2.05) is 18.2 Å². The van der Waals surface area contributed by atoms with Crippen molar-refractivity contribution in [3.05, 3.63) is 58.1 Å². The molecule has 104 valence electrons. The van der Waals surface area contributed by atoms with E-state index in [0.717, 1.165) is 10.0 Å². The van der Waals surface area contributed by atoms with Gasteiger partial charge in [0.2, 0.25) is 0 Å². The Morgan fingerprint density at radius 2 is 1.95 bits per heavy atom. The molecule has 0 bridgehead atoms. The minimum absolute atomic E-state index is 0.119. The number of carbonyl (C=O) groups is 1. The van der Waals surface area contributed by atoms with Gasteiger partial charge < -0.3 is 15.8 Å². The van der Waals surface area contributed by atoms with E-state index < -0.39 is 0 Å². The molecule has 0 radical (unpaired) electrons. The fourth-order valence-corrected chi connectivity index (χ4v) is 2.04. The molecule has 2 rings (SSSR count). The molecule has 0 aliphatic heterocycles. The summed E-state index contributed by atoms with van der Waals surface area (Å²) in [5.41, 5.74) is 7.93. The van der Waals surface area contributed by atoms with Crippen molar-refractivity contribution < 1.29 is 9.53 Å². The van der Waals surface area contributed by atoms with Crippen molar-refractivity contribution in [3.63, 3.8) is 0 Å². The van der Waals surface area contributed by atoms with Crippen molar-refractivity contribution in [1.82, 2.24) is 5.32 Å². The van der Waals surface area contributed by atoms with Gasteiger partial charge in [0, 0.05) is 16.6 Å². The Hall–Kier alpha value is -2.01. The number of hydrogen-bond donors (Lipinski definition) is 2. The third-order valence-corrected chi connectivity index (χ3v) is 3.38. The van der Waals surface area contributed by atoms with Crippen molar-refractivity contribution in [1.29, 1.82) is 0 Å². The third-order valence-electron chi connectivity index (χ3n) is 2.85. The summed E-state index contributed by atoms with van der Waals surface area (Å²) in [7, 11) is 1.57. The summed E-state index contributed by atoms with van der Waals surface area (Å²) in [5.74, 6) is 0.514. The van der Waals surface area contributed by atoms with Crippen molar-refractivity contribution in [2.24, 2.45) is 0 Å². The zero-order valence-corrected chi connectivity index (χ0v) is 12.6. The Morgan fingerprint density at radius 3 is 2.55 bits per heavy atom. The molecule has 2 aromatic rings. The molecule has 20 heavy (non-hydrogen) atoms. The largest absolute Gasteiger partial charge is 0.495 e. The minimum Gasteiger partial charge on any atom is -0.495 e. The Labute approximate surface area is 126 Å². The first-order chi connectivity index (χ1) is 9.60. The topological polar surface area (TPSA) is 64.3 Å². The molecule has 0 spiro atoms. The van der Waals surface area contributed by atoms with Crippen molar-refractivity contribution in [2.45, 2.75) is 6.54 Å². The maximum absolute atomic E-state index is 12.0. The molecule has 0 fully saturated rings. The van der Waals surface area contributed by atoms with Crippen LogP contribution in [0, 0.1) is 0 Å². The van der Waals surface area contributed by atoms with Gasteiger partial charge in [-0.2, -0.15) is 0 Å². The van der Waals surface area contributed by atoms with Gasteiger partial charge in [-0.15, -0.1) is 0 Å². The van der Waals surface area contributed by atoms with Gasteiger partial charge >= 0.3 is 0 Å². The molecule has 1 amide bonds. The predicted molar refractivity (Wildman–Crippen MR) is 82.7 cm³/mol. The average molecular weight is 335 g/mol. The molecule has 3 N–H and O–H groups in total. The molecule has 0 saturated heterocycles. The number of anilines is 1. The lowest BCUT2D eigenvalue weighted by molar-refractivity contribution is 0.0951. The van der Waals surface area contributed by atoms with E-state index >= 15 is 0 Å². The van der Waals surface area contributed by atoms with E-state index in [2.05, 4.69) is 21.2 Å². The lowest BCUT2D eigenvalue weighted by Crippen LogP contribution is -2.22. The van der Waals surface area contributed by atoms with Crippen LogP contribution in [0.3, 0.4) is 0 Å². The number of benzene rings is 2. The van der Waals surface area contributed by atoms with Gasteiger partial charge in [-0.25, -0.2) is 0 Å². The van der Waals surface area contributed by atoms with Crippen LogP contribution in [0.25, 0.3) is 0 Å². The summed E-state index contributed by atoms with van der Waals surface area (Å²) in [5, 5.41) is 2.85. The number of nitrogens with two attached hydrogens (primary N) is 1. The van der Waals surface area contributed by atoms with Crippen LogP contribution >= 0.6 is 15.9 Å². The van der Waals surface area contributed by atoms with E-state index in [9.17, 15) is 4.79 Å². The van der Waals surface area contributed by atoms with Gasteiger partial charge in [-0.3, -0.25) is 4.79 Å². The zero-order chi connectivity index (χ0) is 14.5. The maximum Gasteiger partial charge on any atom is 0.251 e. The number of nitrogens with one attached hydrogen (secondary N) is 1. The lowest BCUT2D eigenvalue weighted by Gasteiger charge is -2.08. The molecule has 0 aromatic heterocycles. The number of hydrogen-bond acceptors (Lipinski definition) is 3. The van der Waals surface area contributed by atoms with Crippen molar-refractivity contribution >= 4 is 27.5 Å². The molecule has 5 heteroatoms. The van der Waals surface area contributed by atoms with Gasteiger partial charge in [-0.05, 0) is 42.0 Å². The molecule has 0 heterocycles. The molecule has 0 aliphatic carbocycles. The van der Waals surface area contributed by atoms with Crippen LogP contribution in [0.1, 0.15) is 15.9 Å². The lowest BCUT2D eigenvalue weighted by atomic mass is 10.1. The normalized spacial score (nSPS) is 10.1. The van der Waals surface area contributed by atoms with Crippen LogP contribution < -0.4 is 15.8 Å². The Kier molecular flexibility index (Phi) is 4.63. The average Bonchev–Trinajstić information content (AvgIpc) is 2.45. The SMILES string of the molecule is COc1ccc(CNC(=O)c2ccc(Br)cc2)cc1N. The summed E-state index contributed by atoms with van der Waals surface area (Å²) in [4.78, 5) is 12.0. The number of halogens is 1. The monoisotopic (exact) mass is 334 g/mol. The number of nitrogen functional groups attached to an aromatic ring is 1. The Balaban J connectivity index is 1.99. The summed E-state index contributed by atoms with van der Waals surface area (Å²) in [6, 6.07) is 12.7. The Bertz CT molecular complexity index is 612. The van der Waals surface area contributed by atoms with Gasteiger partial charge in [0.15, 0.2) is 0 Å².